The fourth-order valence-corrected chi connectivity index (χ4v) is 4.13. The lowest BCUT2D eigenvalue weighted by Crippen LogP contribution is -2.52. The highest BCUT2D eigenvalue weighted by Gasteiger charge is 2.25. The van der Waals surface area contributed by atoms with Crippen molar-refractivity contribution in [3.8, 4) is 5.75 Å². The number of urea groups is 1. The summed E-state index contributed by atoms with van der Waals surface area (Å²) in [6.45, 7) is 10.8. The van der Waals surface area contributed by atoms with E-state index in [1.807, 2.05) is 23.1 Å². The zero-order valence-corrected chi connectivity index (χ0v) is 16.8. The Kier molecular flexibility index (Phi) is 7.35. The molecule has 0 unspecified atom stereocenters. The Hall–Kier alpha value is -1.79. The molecule has 27 heavy (non-hydrogen) atoms. The number of likely N-dealkylation sites (tertiary alicyclic amines) is 1. The number of amides is 2. The highest BCUT2D eigenvalue weighted by Crippen LogP contribution is 2.20. The van der Waals surface area contributed by atoms with Crippen molar-refractivity contribution in [1.82, 2.24) is 20.0 Å². The molecular formula is C21H34N4O2. The van der Waals surface area contributed by atoms with Gasteiger partial charge in [-0.05, 0) is 37.9 Å². The zero-order valence-electron chi connectivity index (χ0n) is 16.8. The Bertz CT molecular complexity index is 602. The number of hydrogen-bond donors (Lipinski definition) is 1. The van der Waals surface area contributed by atoms with Crippen LogP contribution in [0.4, 0.5) is 4.79 Å². The quantitative estimate of drug-likeness (QED) is 0.795. The largest absolute Gasteiger partial charge is 0.496 e. The molecule has 6 nitrogen and oxygen atoms in total. The summed E-state index contributed by atoms with van der Waals surface area (Å²) in [5.41, 5.74) is 1.20. The molecule has 2 aliphatic heterocycles. The molecular weight excluding hydrogens is 340 g/mol. The van der Waals surface area contributed by atoms with E-state index in [1.54, 1.807) is 7.11 Å². The third kappa shape index (κ3) is 5.59. The van der Waals surface area contributed by atoms with Crippen LogP contribution in [0.1, 0.15) is 25.3 Å². The first-order valence-electron chi connectivity index (χ1n) is 10.3. The van der Waals surface area contributed by atoms with Crippen LogP contribution >= 0.6 is 0 Å². The van der Waals surface area contributed by atoms with E-state index < -0.39 is 0 Å². The van der Waals surface area contributed by atoms with Crippen LogP contribution in [0.5, 0.6) is 5.75 Å². The monoisotopic (exact) mass is 374 g/mol. The zero-order chi connectivity index (χ0) is 19.1. The summed E-state index contributed by atoms with van der Waals surface area (Å²) in [5, 5.41) is 3.16. The summed E-state index contributed by atoms with van der Waals surface area (Å²) in [5.74, 6) is 1.54. The van der Waals surface area contributed by atoms with Crippen LogP contribution in [0.25, 0.3) is 0 Å². The lowest BCUT2D eigenvalue weighted by atomic mass is 10.1. The van der Waals surface area contributed by atoms with Crippen LogP contribution in [0.3, 0.4) is 0 Å². The summed E-state index contributed by atoms with van der Waals surface area (Å²) < 4.78 is 5.45. The molecule has 2 saturated heterocycles. The smallest absolute Gasteiger partial charge is 0.317 e. The topological polar surface area (TPSA) is 48.1 Å². The van der Waals surface area contributed by atoms with Crippen LogP contribution in [0.15, 0.2) is 24.3 Å². The number of rotatable bonds is 7. The fourth-order valence-electron chi connectivity index (χ4n) is 4.13. The summed E-state index contributed by atoms with van der Waals surface area (Å²) in [4.78, 5) is 19.3. The van der Waals surface area contributed by atoms with Crippen LogP contribution in [0.2, 0.25) is 0 Å². The number of carbonyl (C=O) groups is 1. The molecule has 2 fully saturated rings. The number of ether oxygens (including phenoxy) is 1. The minimum atomic E-state index is 0.0980. The SMILES string of the molecule is CCCN1CC[C@H](CNC(=O)N2CCN(Cc3ccccc3OC)CC2)C1. The van der Waals surface area contributed by atoms with E-state index in [2.05, 4.69) is 28.1 Å². The molecule has 0 bridgehead atoms. The third-order valence-corrected chi connectivity index (χ3v) is 5.70. The number of benzene rings is 1. The van der Waals surface area contributed by atoms with Crippen LogP contribution in [-0.2, 0) is 6.54 Å². The molecule has 1 aromatic carbocycles. The number of hydrogen-bond acceptors (Lipinski definition) is 4. The van der Waals surface area contributed by atoms with Gasteiger partial charge in [0.05, 0.1) is 7.11 Å². The van der Waals surface area contributed by atoms with Gasteiger partial charge in [0, 0.05) is 51.4 Å². The van der Waals surface area contributed by atoms with Gasteiger partial charge >= 0.3 is 6.03 Å². The minimum absolute atomic E-state index is 0.0980. The maximum atomic E-state index is 12.5. The predicted molar refractivity (Wildman–Crippen MR) is 108 cm³/mol. The molecule has 150 valence electrons. The normalized spacial score (nSPS) is 21.4. The fraction of sp³-hybridized carbons (Fsp3) is 0.667. The van der Waals surface area contributed by atoms with Gasteiger partial charge < -0.3 is 19.9 Å². The number of nitrogens with zero attached hydrogens (tertiary/aromatic N) is 3. The molecule has 0 radical (unpaired) electrons. The first kappa shape index (κ1) is 20.0. The van der Waals surface area contributed by atoms with E-state index in [0.29, 0.717) is 5.92 Å². The van der Waals surface area contributed by atoms with Crippen molar-refractivity contribution in [1.29, 1.82) is 0 Å². The second-order valence-corrected chi connectivity index (χ2v) is 7.72. The van der Waals surface area contributed by atoms with Crippen molar-refractivity contribution < 1.29 is 9.53 Å². The summed E-state index contributed by atoms with van der Waals surface area (Å²) in [6, 6.07) is 8.26. The maximum absolute atomic E-state index is 12.5. The van der Waals surface area contributed by atoms with Crippen molar-refractivity contribution in [3.05, 3.63) is 29.8 Å². The lowest BCUT2D eigenvalue weighted by Gasteiger charge is -2.35. The van der Waals surface area contributed by atoms with Gasteiger partial charge in [-0.15, -0.1) is 0 Å². The van der Waals surface area contributed by atoms with Gasteiger partial charge in [-0.2, -0.15) is 0 Å². The van der Waals surface area contributed by atoms with Gasteiger partial charge in [0.1, 0.15) is 5.75 Å². The number of carbonyl (C=O) groups excluding carboxylic acids is 1. The molecule has 1 N–H and O–H groups in total. The highest BCUT2D eigenvalue weighted by molar-refractivity contribution is 5.74. The minimum Gasteiger partial charge on any atom is -0.496 e. The summed E-state index contributed by atoms with van der Waals surface area (Å²) in [7, 11) is 1.72. The van der Waals surface area contributed by atoms with E-state index >= 15 is 0 Å². The van der Waals surface area contributed by atoms with E-state index in [4.69, 9.17) is 4.74 Å². The van der Waals surface area contributed by atoms with E-state index in [9.17, 15) is 4.79 Å². The average molecular weight is 375 g/mol. The van der Waals surface area contributed by atoms with Gasteiger partial charge in [0.15, 0.2) is 0 Å². The first-order valence-corrected chi connectivity index (χ1v) is 10.3. The number of para-hydroxylation sites is 1. The van der Waals surface area contributed by atoms with Gasteiger partial charge in [0.25, 0.3) is 0 Å². The van der Waals surface area contributed by atoms with E-state index in [1.165, 1.54) is 31.5 Å². The van der Waals surface area contributed by atoms with Gasteiger partial charge in [-0.25, -0.2) is 4.79 Å². The molecule has 3 rings (SSSR count). The molecule has 0 spiro atoms. The molecule has 0 aliphatic carbocycles. The van der Waals surface area contributed by atoms with Crippen LogP contribution < -0.4 is 10.1 Å². The van der Waals surface area contributed by atoms with Crippen LogP contribution in [-0.4, -0.2) is 80.2 Å². The molecule has 2 heterocycles. The molecule has 2 amide bonds. The molecule has 6 heteroatoms. The number of nitrogens with one attached hydrogen (secondary N) is 1. The summed E-state index contributed by atoms with van der Waals surface area (Å²) >= 11 is 0. The maximum Gasteiger partial charge on any atom is 0.317 e. The average Bonchev–Trinajstić information content (AvgIpc) is 3.15. The molecule has 0 saturated carbocycles. The first-order chi connectivity index (χ1) is 13.2. The second kappa shape index (κ2) is 9.95. The predicted octanol–water partition coefficient (Wildman–Crippen LogP) is 2.25. The van der Waals surface area contributed by atoms with Crippen molar-refractivity contribution >= 4 is 6.03 Å². The van der Waals surface area contributed by atoms with Crippen molar-refractivity contribution in [2.24, 2.45) is 5.92 Å². The third-order valence-electron chi connectivity index (χ3n) is 5.70. The van der Waals surface area contributed by atoms with Crippen molar-refractivity contribution in [3.63, 3.8) is 0 Å². The Morgan fingerprint density at radius 1 is 1.15 bits per heavy atom. The molecule has 2 aliphatic rings. The Morgan fingerprint density at radius 3 is 2.67 bits per heavy atom. The number of methoxy groups -OCH3 is 1. The highest BCUT2D eigenvalue weighted by atomic mass is 16.5. The van der Waals surface area contributed by atoms with Crippen molar-refractivity contribution in [2.75, 3.05) is 59.5 Å². The van der Waals surface area contributed by atoms with Gasteiger partial charge in [0.2, 0.25) is 0 Å². The molecule has 1 atom stereocenters. The molecule has 0 aromatic heterocycles. The van der Waals surface area contributed by atoms with Crippen LogP contribution in [0, 0.1) is 5.92 Å². The standard InChI is InChI=1S/C21H34N4O2/c1-3-9-23-10-8-18(16-23)15-22-21(26)25-13-11-24(12-14-25)17-19-6-4-5-7-20(19)27-2/h4-7,18H,3,8-17H2,1-2H3,(H,22,26)/t18-/m1/s1. The lowest BCUT2D eigenvalue weighted by molar-refractivity contribution is 0.134. The van der Waals surface area contributed by atoms with E-state index in [-0.39, 0.29) is 6.03 Å². The van der Waals surface area contributed by atoms with Gasteiger partial charge in [-0.1, -0.05) is 25.1 Å². The Labute approximate surface area is 163 Å². The summed E-state index contributed by atoms with van der Waals surface area (Å²) in [6.07, 6.45) is 2.41. The number of piperazine rings is 1. The van der Waals surface area contributed by atoms with Crippen molar-refractivity contribution in [2.45, 2.75) is 26.3 Å². The molecule has 1 aromatic rings. The Balaban J connectivity index is 1.38. The van der Waals surface area contributed by atoms with Gasteiger partial charge in [-0.3, -0.25) is 4.90 Å². The second-order valence-electron chi connectivity index (χ2n) is 7.72. The van der Waals surface area contributed by atoms with E-state index in [0.717, 1.165) is 51.6 Å². The Morgan fingerprint density at radius 2 is 1.93 bits per heavy atom.